The molecule has 0 N–H and O–H groups in total. The van der Waals surface area contributed by atoms with Gasteiger partial charge in [0.15, 0.2) is 22.3 Å². The average Bonchev–Trinajstić information content (AvgIpc) is 4.11. The van der Waals surface area contributed by atoms with Crippen molar-refractivity contribution in [2.24, 2.45) is 0 Å². The van der Waals surface area contributed by atoms with Gasteiger partial charge in [-0.1, -0.05) is 93.6 Å². The van der Waals surface area contributed by atoms with Gasteiger partial charge in [-0.2, -0.15) is 0 Å². The summed E-state index contributed by atoms with van der Waals surface area (Å²) < 4.78 is 23.6. The van der Waals surface area contributed by atoms with E-state index < -0.39 is 0 Å². The number of nitrogens with zero attached hydrogens (tertiary/aromatic N) is 4. The van der Waals surface area contributed by atoms with Gasteiger partial charge in [-0.25, -0.2) is 19.9 Å². The van der Waals surface area contributed by atoms with Crippen molar-refractivity contribution in [2.75, 3.05) is 0 Å². The summed E-state index contributed by atoms with van der Waals surface area (Å²) in [4.78, 5) is 20.4. The van der Waals surface area contributed by atoms with Crippen LogP contribution in [0.15, 0.2) is 163 Å². The molecule has 60 heavy (non-hydrogen) atoms. The zero-order valence-corrected chi connectivity index (χ0v) is 34.2. The highest BCUT2D eigenvalue weighted by atomic mass is 32.1. The van der Waals surface area contributed by atoms with E-state index in [0.717, 1.165) is 76.4 Å². The summed E-state index contributed by atoms with van der Waals surface area (Å²) in [7, 11) is 0. The Morgan fingerprint density at radius 3 is 1.37 bits per heavy atom. The molecule has 9 heteroatoms. The van der Waals surface area contributed by atoms with E-state index in [0.29, 0.717) is 23.6 Å². The van der Waals surface area contributed by atoms with Crippen LogP contribution in [0.3, 0.4) is 0 Å². The number of rotatable bonds is 6. The quantitative estimate of drug-likeness (QED) is 0.153. The minimum atomic E-state index is 0.0781. The standard InChI is InChI=1S/C28H18N2O2.C23H20N2O2S/c1-3-7-25-23(5-1)29-27(31-25)21-15-11-19(12-16-21)9-10-20-13-17-22(18-14-20)28-30-24-6-2-4-8-26(24)32-28;1-13-5-7-17-15(11-13)24-21(26-17)19-9-10-20(28-19)22-25-16-12-14(23(2,3)4)6-8-18(16)27-22/h1-18H;5-12H,1-4H3. The maximum Gasteiger partial charge on any atom is 0.237 e. The molecule has 0 amide bonds. The molecule has 0 spiro atoms. The molecule has 0 aliphatic rings. The molecule has 0 fully saturated rings. The van der Waals surface area contributed by atoms with E-state index >= 15 is 0 Å². The fourth-order valence-corrected chi connectivity index (χ4v) is 7.73. The Balaban J connectivity index is 0.000000146. The molecule has 0 saturated carbocycles. The first-order valence-corrected chi connectivity index (χ1v) is 20.5. The van der Waals surface area contributed by atoms with Gasteiger partial charge < -0.3 is 17.7 Å². The first-order valence-electron chi connectivity index (χ1n) is 19.7. The highest BCUT2D eigenvalue weighted by Crippen LogP contribution is 2.37. The fourth-order valence-electron chi connectivity index (χ4n) is 6.87. The number of oxazole rings is 4. The van der Waals surface area contributed by atoms with Crippen LogP contribution in [0, 0.1) is 6.92 Å². The van der Waals surface area contributed by atoms with E-state index in [4.69, 9.17) is 22.7 Å². The number of thiophene rings is 1. The maximum absolute atomic E-state index is 5.99. The molecule has 0 aliphatic heterocycles. The largest absolute Gasteiger partial charge is 0.436 e. The number of aryl methyl sites for hydroxylation is 1. The molecule has 5 aromatic heterocycles. The monoisotopic (exact) mass is 802 g/mol. The SMILES string of the molecule is C(=Cc1ccc(-c2nc3ccccc3o2)cc1)c1ccc(-c2nc3ccccc3o2)cc1.Cc1ccc2oc(-c3ccc(-c4nc5cc(C(C)(C)C)ccc5o4)s3)nc2c1. The number of hydrogen-bond donors (Lipinski definition) is 0. The van der Waals surface area contributed by atoms with Gasteiger partial charge in [-0.05, 0) is 120 Å². The summed E-state index contributed by atoms with van der Waals surface area (Å²) in [5, 5.41) is 0. The van der Waals surface area contributed by atoms with Crippen LogP contribution in [0.4, 0.5) is 0 Å². The van der Waals surface area contributed by atoms with Crippen molar-refractivity contribution in [3.63, 3.8) is 0 Å². The molecule has 0 radical (unpaired) electrons. The summed E-state index contributed by atoms with van der Waals surface area (Å²) >= 11 is 1.57. The summed E-state index contributed by atoms with van der Waals surface area (Å²) in [5.74, 6) is 2.53. The second-order valence-electron chi connectivity index (χ2n) is 15.7. The highest BCUT2D eigenvalue weighted by Gasteiger charge is 2.18. The minimum absolute atomic E-state index is 0.0781. The molecule has 0 aliphatic carbocycles. The van der Waals surface area contributed by atoms with E-state index in [1.807, 2.05) is 109 Å². The molecule has 0 unspecified atom stereocenters. The van der Waals surface area contributed by atoms with Crippen LogP contribution in [0.5, 0.6) is 0 Å². The highest BCUT2D eigenvalue weighted by molar-refractivity contribution is 7.18. The van der Waals surface area contributed by atoms with Crippen molar-refractivity contribution in [3.8, 4) is 44.4 Å². The number of benzene rings is 6. The third-order valence-corrected chi connectivity index (χ3v) is 11.3. The van der Waals surface area contributed by atoms with Crippen LogP contribution < -0.4 is 0 Å². The van der Waals surface area contributed by atoms with Crippen LogP contribution in [0.1, 0.15) is 43.0 Å². The van der Waals surface area contributed by atoms with Crippen molar-refractivity contribution >= 4 is 67.9 Å². The van der Waals surface area contributed by atoms with Gasteiger partial charge in [-0.3, -0.25) is 0 Å². The zero-order chi connectivity index (χ0) is 40.8. The lowest BCUT2D eigenvalue weighted by Gasteiger charge is -2.18. The number of fused-ring (bicyclic) bond motifs is 4. The molecule has 292 valence electrons. The summed E-state index contributed by atoms with van der Waals surface area (Å²) in [6, 6.07) is 48.2. The smallest absolute Gasteiger partial charge is 0.237 e. The van der Waals surface area contributed by atoms with E-state index in [2.05, 4.69) is 91.2 Å². The summed E-state index contributed by atoms with van der Waals surface area (Å²) in [5.41, 5.74) is 13.3. The second-order valence-corrected chi connectivity index (χ2v) is 16.7. The molecule has 11 rings (SSSR count). The number of aromatic nitrogens is 4. The van der Waals surface area contributed by atoms with Gasteiger partial charge in [0.1, 0.15) is 22.1 Å². The van der Waals surface area contributed by atoms with Crippen LogP contribution in [0.25, 0.3) is 101 Å². The second kappa shape index (κ2) is 15.1. The molecule has 6 aromatic carbocycles. The Kier molecular flexibility index (Phi) is 9.30. The Labute approximate surface area is 349 Å². The lowest BCUT2D eigenvalue weighted by molar-refractivity contribution is 0.590. The normalized spacial score (nSPS) is 11.9. The Morgan fingerprint density at radius 1 is 0.433 bits per heavy atom. The Morgan fingerprint density at radius 2 is 0.867 bits per heavy atom. The molecule has 0 saturated heterocycles. The van der Waals surface area contributed by atoms with Crippen LogP contribution in [0.2, 0.25) is 0 Å². The Hall–Kier alpha value is -7.36. The first kappa shape index (κ1) is 36.9. The summed E-state index contributed by atoms with van der Waals surface area (Å²) in [6.07, 6.45) is 4.18. The molecule has 0 bridgehead atoms. The fraction of sp³-hybridized carbons (Fsp3) is 0.0980. The van der Waals surface area contributed by atoms with Crippen molar-refractivity contribution in [3.05, 3.63) is 168 Å². The molecular formula is C51H38N4O4S. The zero-order valence-electron chi connectivity index (χ0n) is 33.3. The molecule has 8 nitrogen and oxygen atoms in total. The number of hydrogen-bond acceptors (Lipinski definition) is 9. The van der Waals surface area contributed by atoms with E-state index in [9.17, 15) is 0 Å². The predicted octanol–water partition coefficient (Wildman–Crippen LogP) is 14.4. The van der Waals surface area contributed by atoms with Gasteiger partial charge in [0.25, 0.3) is 0 Å². The lowest BCUT2D eigenvalue weighted by Crippen LogP contribution is -2.10. The van der Waals surface area contributed by atoms with Gasteiger partial charge in [-0.15, -0.1) is 11.3 Å². The van der Waals surface area contributed by atoms with Gasteiger partial charge in [0, 0.05) is 11.1 Å². The van der Waals surface area contributed by atoms with Crippen molar-refractivity contribution in [2.45, 2.75) is 33.1 Å². The predicted molar refractivity (Wildman–Crippen MR) is 242 cm³/mol. The van der Waals surface area contributed by atoms with Crippen LogP contribution in [-0.2, 0) is 5.41 Å². The van der Waals surface area contributed by atoms with Gasteiger partial charge >= 0.3 is 0 Å². The van der Waals surface area contributed by atoms with Crippen molar-refractivity contribution in [1.29, 1.82) is 0 Å². The maximum atomic E-state index is 5.99. The van der Waals surface area contributed by atoms with Crippen LogP contribution >= 0.6 is 11.3 Å². The number of para-hydroxylation sites is 4. The topological polar surface area (TPSA) is 104 Å². The van der Waals surface area contributed by atoms with E-state index in [1.54, 1.807) is 11.3 Å². The van der Waals surface area contributed by atoms with Gasteiger partial charge in [0.2, 0.25) is 23.6 Å². The van der Waals surface area contributed by atoms with Crippen molar-refractivity contribution in [1.82, 2.24) is 19.9 Å². The third kappa shape index (κ3) is 7.54. The third-order valence-electron chi connectivity index (χ3n) is 10.2. The molecule has 5 heterocycles. The Bertz CT molecular complexity index is 3130. The van der Waals surface area contributed by atoms with Gasteiger partial charge in [0.05, 0.1) is 9.75 Å². The average molecular weight is 803 g/mol. The van der Waals surface area contributed by atoms with Crippen LogP contribution in [-0.4, -0.2) is 19.9 Å². The lowest BCUT2D eigenvalue weighted by atomic mass is 9.87. The van der Waals surface area contributed by atoms with E-state index in [1.165, 1.54) is 11.1 Å². The van der Waals surface area contributed by atoms with Crippen molar-refractivity contribution < 1.29 is 17.7 Å². The summed E-state index contributed by atoms with van der Waals surface area (Å²) in [6.45, 7) is 8.64. The molecule has 11 aromatic rings. The molecular weight excluding hydrogens is 765 g/mol. The molecule has 0 atom stereocenters. The first-order chi connectivity index (χ1) is 29.2. The van der Waals surface area contributed by atoms with E-state index in [-0.39, 0.29) is 5.41 Å². The minimum Gasteiger partial charge on any atom is -0.436 e.